The van der Waals surface area contributed by atoms with Gasteiger partial charge in [-0.25, -0.2) is 0 Å². The first-order valence-corrected chi connectivity index (χ1v) is 7.84. The molecule has 0 aliphatic carbocycles. The van der Waals surface area contributed by atoms with Crippen molar-refractivity contribution in [2.24, 2.45) is 0 Å². The minimum atomic E-state index is -0.294. The van der Waals surface area contributed by atoms with Gasteiger partial charge in [-0.15, -0.1) is 0 Å². The Balaban J connectivity index is 2.32. The number of aliphatic hydroxyl groups is 1. The number of aliphatic hydroxyl groups excluding tert-OH is 1. The van der Waals surface area contributed by atoms with E-state index in [0.29, 0.717) is 0 Å². The quantitative estimate of drug-likeness (QED) is 0.877. The molecule has 0 spiro atoms. The van der Waals surface area contributed by atoms with E-state index < -0.39 is 0 Å². The van der Waals surface area contributed by atoms with Gasteiger partial charge in [-0.2, -0.15) is 0 Å². The van der Waals surface area contributed by atoms with E-state index in [4.69, 9.17) is 11.6 Å². The molecule has 3 nitrogen and oxygen atoms in total. The van der Waals surface area contributed by atoms with Crippen molar-refractivity contribution in [1.82, 2.24) is 9.88 Å². The van der Waals surface area contributed by atoms with Gasteiger partial charge in [0.15, 0.2) is 0 Å². The number of halogens is 1. The van der Waals surface area contributed by atoms with Crippen LogP contribution in [-0.4, -0.2) is 21.3 Å². The van der Waals surface area contributed by atoms with Gasteiger partial charge in [0.1, 0.15) is 0 Å². The number of nitrogens with one attached hydrogen (secondary N) is 1. The van der Waals surface area contributed by atoms with Crippen LogP contribution in [0.5, 0.6) is 0 Å². The maximum absolute atomic E-state index is 9.51. The van der Waals surface area contributed by atoms with Crippen LogP contribution in [0.25, 0.3) is 10.9 Å². The van der Waals surface area contributed by atoms with Crippen molar-refractivity contribution < 1.29 is 5.11 Å². The highest BCUT2D eigenvalue weighted by molar-refractivity contribution is 6.31. The number of nitrogens with zero attached hydrogens (tertiary/aromatic N) is 1. The number of aryl methyl sites for hydroxylation is 1. The topological polar surface area (TPSA) is 37.2 Å². The van der Waals surface area contributed by atoms with Gasteiger partial charge in [0.25, 0.3) is 0 Å². The smallest absolute Gasteiger partial charge is 0.0529 e. The molecule has 21 heavy (non-hydrogen) atoms. The van der Waals surface area contributed by atoms with Crippen molar-refractivity contribution >= 4 is 22.5 Å². The second-order valence-corrected chi connectivity index (χ2v) is 7.19. The van der Waals surface area contributed by atoms with Crippen LogP contribution >= 0.6 is 11.6 Å². The van der Waals surface area contributed by atoms with E-state index in [1.54, 1.807) is 0 Å². The molecule has 4 heteroatoms. The number of hydrogen-bond acceptors (Lipinski definition) is 2. The van der Waals surface area contributed by atoms with Crippen molar-refractivity contribution in [3.63, 3.8) is 0 Å². The van der Waals surface area contributed by atoms with Gasteiger partial charge >= 0.3 is 0 Å². The number of benzene rings is 1. The van der Waals surface area contributed by atoms with Gasteiger partial charge in [0, 0.05) is 40.8 Å². The summed E-state index contributed by atoms with van der Waals surface area (Å²) in [5, 5.41) is 15.0. The largest absolute Gasteiger partial charge is 0.393 e. The fourth-order valence-corrected chi connectivity index (χ4v) is 2.52. The summed E-state index contributed by atoms with van der Waals surface area (Å²) in [7, 11) is 0. The highest BCUT2D eigenvalue weighted by Crippen LogP contribution is 2.25. The van der Waals surface area contributed by atoms with E-state index in [0.717, 1.165) is 30.0 Å². The molecule has 2 aromatic rings. The normalized spacial score (nSPS) is 13.8. The van der Waals surface area contributed by atoms with E-state index in [1.807, 2.05) is 19.1 Å². The number of fused-ring (bicyclic) bond motifs is 1. The summed E-state index contributed by atoms with van der Waals surface area (Å²) in [4.78, 5) is 0. The Morgan fingerprint density at radius 1 is 1.33 bits per heavy atom. The molecule has 0 amide bonds. The molecule has 1 heterocycles. The average molecular weight is 309 g/mol. The molecule has 1 unspecified atom stereocenters. The maximum atomic E-state index is 9.51. The van der Waals surface area contributed by atoms with Crippen molar-refractivity contribution in [3.8, 4) is 0 Å². The predicted octanol–water partition coefficient (Wildman–Crippen LogP) is 3.95. The molecular weight excluding hydrogens is 284 g/mol. The molecular formula is C17H25ClN2O. The predicted molar refractivity (Wildman–Crippen MR) is 89.8 cm³/mol. The van der Waals surface area contributed by atoms with Gasteiger partial charge in [0.05, 0.1) is 6.10 Å². The summed E-state index contributed by atoms with van der Waals surface area (Å²) < 4.78 is 2.19. The Morgan fingerprint density at radius 2 is 2.05 bits per heavy atom. The highest BCUT2D eigenvalue weighted by Gasteiger charge is 2.13. The first kappa shape index (κ1) is 16.3. The maximum Gasteiger partial charge on any atom is 0.0529 e. The van der Waals surface area contributed by atoms with Crippen LogP contribution in [0.4, 0.5) is 0 Å². The van der Waals surface area contributed by atoms with E-state index in [-0.39, 0.29) is 11.6 Å². The molecule has 0 bridgehead atoms. The van der Waals surface area contributed by atoms with Gasteiger partial charge in [-0.1, -0.05) is 17.7 Å². The third kappa shape index (κ3) is 4.47. The Bertz CT molecular complexity index is 611. The van der Waals surface area contributed by atoms with Crippen molar-refractivity contribution in [1.29, 1.82) is 0 Å². The summed E-state index contributed by atoms with van der Waals surface area (Å²) in [5.74, 6) is 0. The van der Waals surface area contributed by atoms with Crippen LogP contribution in [0.1, 0.15) is 39.7 Å². The van der Waals surface area contributed by atoms with Gasteiger partial charge in [0.2, 0.25) is 0 Å². The molecule has 0 aliphatic heterocycles. The van der Waals surface area contributed by atoms with Crippen LogP contribution in [0.15, 0.2) is 24.4 Å². The van der Waals surface area contributed by atoms with Crippen LogP contribution in [0.2, 0.25) is 5.02 Å². The lowest BCUT2D eigenvalue weighted by Gasteiger charge is -2.20. The molecule has 0 radical (unpaired) electrons. The lowest BCUT2D eigenvalue weighted by atomic mass is 10.1. The molecule has 2 N–H and O–H groups in total. The Hall–Kier alpha value is -1.03. The second kappa shape index (κ2) is 6.39. The standard InChI is InChI=1S/C17H25ClN2O/c1-12(21)7-8-20-11-13(10-19-17(2,3)4)15-6-5-14(18)9-16(15)20/h5-6,9,11-12,19,21H,7-8,10H2,1-4H3. The van der Waals surface area contributed by atoms with E-state index in [9.17, 15) is 5.11 Å². The molecule has 0 saturated carbocycles. The minimum Gasteiger partial charge on any atom is -0.393 e. The summed E-state index contributed by atoms with van der Waals surface area (Å²) in [6, 6.07) is 6.01. The van der Waals surface area contributed by atoms with Crippen LogP contribution < -0.4 is 5.32 Å². The first-order valence-electron chi connectivity index (χ1n) is 7.46. The lowest BCUT2D eigenvalue weighted by molar-refractivity contribution is 0.178. The number of aromatic nitrogens is 1. The second-order valence-electron chi connectivity index (χ2n) is 6.75. The molecule has 1 aromatic carbocycles. The van der Waals surface area contributed by atoms with Crippen molar-refractivity contribution in [2.45, 2.75) is 58.8 Å². The zero-order valence-corrected chi connectivity index (χ0v) is 14.0. The fraction of sp³-hybridized carbons (Fsp3) is 0.529. The lowest BCUT2D eigenvalue weighted by Crippen LogP contribution is -2.34. The molecule has 116 valence electrons. The third-order valence-electron chi connectivity index (χ3n) is 3.52. The number of rotatable bonds is 5. The van der Waals surface area contributed by atoms with E-state index in [2.05, 4.69) is 42.9 Å². The van der Waals surface area contributed by atoms with Crippen molar-refractivity contribution in [2.75, 3.05) is 0 Å². The zero-order valence-electron chi connectivity index (χ0n) is 13.3. The van der Waals surface area contributed by atoms with Crippen molar-refractivity contribution in [3.05, 3.63) is 35.0 Å². The Morgan fingerprint density at radius 3 is 2.67 bits per heavy atom. The molecule has 0 saturated heterocycles. The molecule has 2 rings (SSSR count). The van der Waals surface area contributed by atoms with Crippen LogP contribution in [-0.2, 0) is 13.1 Å². The zero-order chi connectivity index (χ0) is 15.6. The summed E-state index contributed by atoms with van der Waals surface area (Å²) in [6.45, 7) is 9.93. The average Bonchev–Trinajstić information content (AvgIpc) is 2.70. The van der Waals surface area contributed by atoms with Gasteiger partial charge in [-0.3, -0.25) is 0 Å². The van der Waals surface area contributed by atoms with E-state index in [1.165, 1.54) is 10.9 Å². The molecule has 0 aliphatic rings. The summed E-state index contributed by atoms with van der Waals surface area (Å²) in [6.07, 6.45) is 2.61. The Kier molecular flexibility index (Phi) is 4.97. The Labute approximate surface area is 131 Å². The molecule has 0 fully saturated rings. The summed E-state index contributed by atoms with van der Waals surface area (Å²) in [5.41, 5.74) is 2.48. The monoisotopic (exact) mass is 308 g/mol. The van der Waals surface area contributed by atoms with Gasteiger partial charge < -0.3 is 15.0 Å². The van der Waals surface area contributed by atoms with E-state index >= 15 is 0 Å². The van der Waals surface area contributed by atoms with Gasteiger partial charge in [-0.05, 0) is 51.8 Å². The summed E-state index contributed by atoms with van der Waals surface area (Å²) >= 11 is 6.13. The minimum absolute atomic E-state index is 0.0838. The fourth-order valence-electron chi connectivity index (χ4n) is 2.35. The first-order chi connectivity index (χ1) is 9.76. The molecule has 1 aromatic heterocycles. The van der Waals surface area contributed by atoms with Crippen LogP contribution in [0, 0.1) is 0 Å². The molecule has 1 atom stereocenters. The third-order valence-corrected chi connectivity index (χ3v) is 3.76. The number of hydrogen-bond donors (Lipinski definition) is 2. The van der Waals surface area contributed by atoms with Crippen LogP contribution in [0.3, 0.4) is 0 Å². The SMILES string of the molecule is CC(O)CCn1cc(CNC(C)(C)C)c2ccc(Cl)cc21. The highest BCUT2D eigenvalue weighted by atomic mass is 35.5.